The third kappa shape index (κ3) is 4.50. The van der Waals surface area contributed by atoms with Gasteiger partial charge in [-0.05, 0) is 48.0 Å². The average Bonchev–Trinajstić information content (AvgIpc) is 2.83. The van der Waals surface area contributed by atoms with Gasteiger partial charge in [0.2, 0.25) is 15.9 Å². The summed E-state index contributed by atoms with van der Waals surface area (Å²) in [6, 6.07) is 21.2. The molecule has 8 heteroatoms. The van der Waals surface area contributed by atoms with Crippen LogP contribution in [0.5, 0.6) is 0 Å². The first-order valence-electron chi connectivity index (χ1n) is 10.4. The van der Waals surface area contributed by atoms with E-state index in [0.29, 0.717) is 37.4 Å². The number of carbonyl (C=O) groups excluding carboxylic acids is 1. The van der Waals surface area contributed by atoms with Gasteiger partial charge in [-0.3, -0.25) is 9.69 Å². The number of amides is 1. The van der Waals surface area contributed by atoms with Crippen molar-refractivity contribution in [2.45, 2.75) is 17.9 Å². The molecule has 1 atom stereocenters. The Morgan fingerprint density at radius 1 is 0.969 bits per heavy atom. The smallest absolute Gasteiger partial charge is 0.243 e. The van der Waals surface area contributed by atoms with E-state index in [-0.39, 0.29) is 10.8 Å². The molecule has 0 bridgehead atoms. The number of anilines is 1. The molecular formula is C24H24N4O3S. The standard InChI is InChI=1S/C24H24N4O3S/c1-18(24(29)26-22-8-4-5-19(15-22)17-25)27-11-13-28(14-12-27)32(30,31)23-10-9-20-6-2-3-7-21(20)16-23/h2-10,15-16,18H,11-14H2,1H3,(H,26,29)/t18-/m1/s1. The van der Waals surface area contributed by atoms with Gasteiger partial charge >= 0.3 is 0 Å². The molecule has 0 radical (unpaired) electrons. The Morgan fingerprint density at radius 3 is 2.41 bits per heavy atom. The number of nitrogens with zero attached hydrogens (tertiary/aromatic N) is 3. The van der Waals surface area contributed by atoms with Crippen LogP contribution in [0.1, 0.15) is 12.5 Å². The zero-order valence-electron chi connectivity index (χ0n) is 17.7. The molecule has 32 heavy (non-hydrogen) atoms. The minimum Gasteiger partial charge on any atom is -0.325 e. The second-order valence-electron chi connectivity index (χ2n) is 7.81. The van der Waals surface area contributed by atoms with Crippen LogP contribution < -0.4 is 5.32 Å². The van der Waals surface area contributed by atoms with Crippen LogP contribution in [0, 0.1) is 11.3 Å². The first-order chi connectivity index (χ1) is 15.4. The lowest BCUT2D eigenvalue weighted by Gasteiger charge is -2.36. The maximum atomic E-state index is 13.1. The lowest BCUT2D eigenvalue weighted by atomic mass is 10.1. The molecular weight excluding hydrogens is 424 g/mol. The molecule has 0 unspecified atom stereocenters. The van der Waals surface area contributed by atoms with Crippen LogP contribution in [0.25, 0.3) is 10.8 Å². The Balaban J connectivity index is 1.40. The normalized spacial score (nSPS) is 16.4. The van der Waals surface area contributed by atoms with Crippen molar-refractivity contribution in [2.75, 3.05) is 31.5 Å². The van der Waals surface area contributed by atoms with E-state index >= 15 is 0 Å². The number of sulfonamides is 1. The number of nitrogens with one attached hydrogen (secondary N) is 1. The molecule has 1 heterocycles. The minimum absolute atomic E-state index is 0.189. The van der Waals surface area contributed by atoms with E-state index in [0.717, 1.165) is 10.8 Å². The number of piperazine rings is 1. The van der Waals surface area contributed by atoms with Crippen LogP contribution in [0.2, 0.25) is 0 Å². The second kappa shape index (κ2) is 9.09. The molecule has 4 rings (SSSR count). The quantitative estimate of drug-likeness (QED) is 0.648. The summed E-state index contributed by atoms with van der Waals surface area (Å²) >= 11 is 0. The van der Waals surface area contributed by atoms with E-state index in [9.17, 15) is 13.2 Å². The van der Waals surface area contributed by atoms with E-state index in [1.165, 1.54) is 4.31 Å². The molecule has 1 aliphatic rings. The fourth-order valence-corrected chi connectivity index (χ4v) is 5.35. The third-order valence-corrected chi connectivity index (χ3v) is 7.71. The van der Waals surface area contributed by atoms with Crippen LogP contribution in [0.3, 0.4) is 0 Å². The first-order valence-corrected chi connectivity index (χ1v) is 11.9. The van der Waals surface area contributed by atoms with Crippen molar-refractivity contribution in [1.29, 1.82) is 5.26 Å². The fourth-order valence-electron chi connectivity index (χ4n) is 3.89. The van der Waals surface area contributed by atoms with Gasteiger partial charge in [0.25, 0.3) is 0 Å². The summed E-state index contributed by atoms with van der Waals surface area (Å²) < 4.78 is 27.8. The van der Waals surface area contributed by atoms with E-state index in [4.69, 9.17) is 5.26 Å². The van der Waals surface area contributed by atoms with Crippen molar-refractivity contribution >= 4 is 32.4 Å². The Labute approximate surface area is 187 Å². The molecule has 0 aliphatic carbocycles. The highest BCUT2D eigenvalue weighted by molar-refractivity contribution is 7.89. The van der Waals surface area contributed by atoms with Crippen molar-refractivity contribution in [3.05, 3.63) is 72.3 Å². The third-order valence-electron chi connectivity index (χ3n) is 5.82. The van der Waals surface area contributed by atoms with Gasteiger partial charge < -0.3 is 5.32 Å². The topological polar surface area (TPSA) is 93.5 Å². The van der Waals surface area contributed by atoms with Gasteiger partial charge in [-0.25, -0.2) is 8.42 Å². The summed E-state index contributed by atoms with van der Waals surface area (Å²) in [5.74, 6) is -0.189. The highest BCUT2D eigenvalue weighted by Gasteiger charge is 2.32. The van der Waals surface area contributed by atoms with E-state index < -0.39 is 16.1 Å². The number of nitriles is 1. The summed E-state index contributed by atoms with van der Waals surface area (Å²) in [4.78, 5) is 14.9. The second-order valence-corrected chi connectivity index (χ2v) is 9.74. The maximum absolute atomic E-state index is 13.1. The Morgan fingerprint density at radius 2 is 1.69 bits per heavy atom. The minimum atomic E-state index is -3.60. The zero-order valence-corrected chi connectivity index (χ0v) is 18.5. The maximum Gasteiger partial charge on any atom is 0.243 e. The summed E-state index contributed by atoms with van der Waals surface area (Å²) in [6.45, 7) is 3.35. The van der Waals surface area contributed by atoms with Gasteiger partial charge in [0.15, 0.2) is 0 Å². The van der Waals surface area contributed by atoms with Gasteiger partial charge in [-0.2, -0.15) is 9.57 Å². The average molecular weight is 449 g/mol. The van der Waals surface area contributed by atoms with Crippen LogP contribution in [0.4, 0.5) is 5.69 Å². The molecule has 1 N–H and O–H groups in total. The number of hydrogen-bond donors (Lipinski definition) is 1. The highest BCUT2D eigenvalue weighted by atomic mass is 32.2. The van der Waals surface area contributed by atoms with E-state index in [1.54, 1.807) is 43.3 Å². The molecule has 3 aromatic carbocycles. The van der Waals surface area contributed by atoms with Crippen LogP contribution in [-0.2, 0) is 14.8 Å². The van der Waals surface area contributed by atoms with Crippen LogP contribution in [0.15, 0.2) is 71.6 Å². The Bertz CT molecular complexity index is 1290. The zero-order chi connectivity index (χ0) is 22.7. The molecule has 7 nitrogen and oxygen atoms in total. The monoisotopic (exact) mass is 448 g/mol. The SMILES string of the molecule is C[C@H](C(=O)Nc1cccc(C#N)c1)N1CCN(S(=O)(=O)c2ccc3ccccc3c2)CC1. The summed E-state index contributed by atoms with van der Waals surface area (Å²) in [5, 5.41) is 13.7. The van der Waals surface area contributed by atoms with Gasteiger partial charge in [0, 0.05) is 31.9 Å². The number of benzene rings is 3. The molecule has 3 aromatic rings. The van der Waals surface area contributed by atoms with Crippen LogP contribution in [-0.4, -0.2) is 55.8 Å². The Hall–Kier alpha value is -3.25. The number of rotatable bonds is 5. The van der Waals surface area contributed by atoms with Gasteiger partial charge in [-0.1, -0.05) is 36.4 Å². The predicted molar refractivity (Wildman–Crippen MR) is 124 cm³/mol. The lowest BCUT2D eigenvalue weighted by molar-refractivity contribution is -0.121. The number of hydrogen-bond acceptors (Lipinski definition) is 5. The van der Waals surface area contributed by atoms with Crippen LogP contribution >= 0.6 is 0 Å². The summed E-state index contributed by atoms with van der Waals surface area (Å²) in [6.07, 6.45) is 0. The van der Waals surface area contributed by atoms with E-state index in [2.05, 4.69) is 11.4 Å². The molecule has 164 valence electrons. The molecule has 0 saturated carbocycles. The van der Waals surface area contributed by atoms with Gasteiger partial charge in [0.1, 0.15) is 0 Å². The predicted octanol–water partition coefficient (Wildman–Crippen LogP) is 3.04. The van der Waals surface area contributed by atoms with Crippen molar-refractivity contribution in [1.82, 2.24) is 9.21 Å². The van der Waals surface area contributed by atoms with Crippen molar-refractivity contribution in [3.63, 3.8) is 0 Å². The molecule has 1 aliphatic heterocycles. The first kappa shape index (κ1) is 22.0. The molecule has 1 amide bonds. The van der Waals surface area contributed by atoms with Gasteiger partial charge in [0.05, 0.1) is 22.6 Å². The number of carbonyl (C=O) groups is 1. The Kier molecular flexibility index (Phi) is 6.24. The summed E-state index contributed by atoms with van der Waals surface area (Å²) in [7, 11) is -3.60. The molecule has 0 aromatic heterocycles. The van der Waals surface area contributed by atoms with Gasteiger partial charge in [-0.15, -0.1) is 0 Å². The van der Waals surface area contributed by atoms with Crippen molar-refractivity contribution < 1.29 is 13.2 Å². The van der Waals surface area contributed by atoms with E-state index in [1.807, 2.05) is 35.2 Å². The van der Waals surface area contributed by atoms with Crippen molar-refractivity contribution in [2.24, 2.45) is 0 Å². The van der Waals surface area contributed by atoms with Crippen molar-refractivity contribution in [3.8, 4) is 6.07 Å². The fraction of sp³-hybridized carbons (Fsp3) is 0.250. The number of fused-ring (bicyclic) bond motifs is 1. The highest BCUT2D eigenvalue weighted by Crippen LogP contribution is 2.23. The summed E-state index contributed by atoms with van der Waals surface area (Å²) in [5.41, 5.74) is 1.04. The largest absolute Gasteiger partial charge is 0.325 e. The molecule has 1 saturated heterocycles. The molecule has 1 fully saturated rings. The molecule has 0 spiro atoms. The lowest BCUT2D eigenvalue weighted by Crippen LogP contribution is -2.53.